The second-order valence-corrected chi connectivity index (χ2v) is 9.39. The fraction of sp³-hybridized carbons (Fsp3) is 0.207. The van der Waals surface area contributed by atoms with Crippen LogP contribution in [0.3, 0.4) is 0 Å². The van der Waals surface area contributed by atoms with Gasteiger partial charge in [-0.2, -0.15) is 5.10 Å². The van der Waals surface area contributed by atoms with E-state index in [1.165, 1.54) is 0 Å². The second kappa shape index (κ2) is 8.03. The number of hydrogen-bond acceptors (Lipinski definition) is 5. The molecule has 0 atom stereocenters. The molecule has 1 saturated carbocycles. The zero-order chi connectivity index (χ0) is 24.2. The third kappa shape index (κ3) is 3.41. The van der Waals surface area contributed by atoms with E-state index < -0.39 is 0 Å². The highest BCUT2D eigenvalue weighted by atomic mass is 16.3. The highest BCUT2D eigenvalue weighted by molar-refractivity contribution is 5.95. The average molecular weight is 463 g/mol. The van der Waals surface area contributed by atoms with Crippen LogP contribution in [0.2, 0.25) is 0 Å². The number of pyridine rings is 1. The monoisotopic (exact) mass is 462 g/mol. The summed E-state index contributed by atoms with van der Waals surface area (Å²) in [6, 6.07) is 19.5. The van der Waals surface area contributed by atoms with Gasteiger partial charge in [0.25, 0.3) is 0 Å². The molecule has 2 N–H and O–H groups in total. The fourth-order valence-electron chi connectivity index (χ4n) is 4.91. The van der Waals surface area contributed by atoms with E-state index in [0.717, 1.165) is 47.2 Å². The first-order valence-electron chi connectivity index (χ1n) is 11.9. The van der Waals surface area contributed by atoms with Gasteiger partial charge in [0.1, 0.15) is 11.5 Å². The molecule has 35 heavy (non-hydrogen) atoms. The first kappa shape index (κ1) is 21.5. The van der Waals surface area contributed by atoms with Crippen molar-refractivity contribution < 1.29 is 4.42 Å². The molecule has 174 valence electrons. The van der Waals surface area contributed by atoms with Crippen molar-refractivity contribution in [1.29, 1.82) is 0 Å². The molecule has 2 aromatic carbocycles. The molecule has 0 unspecified atom stereocenters. The van der Waals surface area contributed by atoms with E-state index in [-0.39, 0.29) is 11.0 Å². The van der Waals surface area contributed by atoms with Crippen molar-refractivity contribution in [3.8, 4) is 33.7 Å². The van der Waals surface area contributed by atoms with Gasteiger partial charge in [-0.25, -0.2) is 0 Å². The lowest BCUT2D eigenvalue weighted by molar-refractivity contribution is 0.253. The van der Waals surface area contributed by atoms with Crippen molar-refractivity contribution in [1.82, 2.24) is 14.8 Å². The molecule has 0 radical (unpaired) electrons. The van der Waals surface area contributed by atoms with Crippen LogP contribution in [0.25, 0.3) is 44.7 Å². The van der Waals surface area contributed by atoms with Gasteiger partial charge in [0.05, 0.1) is 17.1 Å². The van der Waals surface area contributed by atoms with Gasteiger partial charge in [-0.3, -0.25) is 14.5 Å². The Morgan fingerprint density at radius 2 is 1.74 bits per heavy atom. The molecule has 1 aliphatic carbocycles. The topological polar surface area (TPSA) is 86.9 Å². The van der Waals surface area contributed by atoms with E-state index in [2.05, 4.69) is 10.1 Å². The summed E-state index contributed by atoms with van der Waals surface area (Å²) in [5, 5.41) is 4.85. The Morgan fingerprint density at radius 3 is 2.37 bits per heavy atom. The zero-order valence-corrected chi connectivity index (χ0v) is 19.8. The van der Waals surface area contributed by atoms with Gasteiger partial charge in [-0.05, 0) is 43.4 Å². The molecule has 3 heterocycles. The van der Waals surface area contributed by atoms with E-state index >= 15 is 0 Å². The molecule has 6 heteroatoms. The maximum atomic E-state index is 14.0. The van der Waals surface area contributed by atoms with Crippen LogP contribution in [0.5, 0.6) is 0 Å². The zero-order valence-electron chi connectivity index (χ0n) is 19.8. The number of nitrogens with two attached hydrogens (primary N) is 1. The van der Waals surface area contributed by atoms with Crippen LogP contribution in [-0.4, -0.2) is 14.8 Å². The minimum Gasteiger partial charge on any atom is -0.453 e. The van der Waals surface area contributed by atoms with E-state index in [1.54, 1.807) is 23.1 Å². The standard InChI is InChI=1S/C29H26N4O2/c1-18-23(17-32-33(18)2)25-28-22(13-16-31-25)26(34)24(27(35-28)20-7-4-3-5-8-20)19-9-11-21(12-10-19)29(30)14-6-15-29/h3-5,7-13,16-17H,6,14-15,30H2,1-2H3. The Labute approximate surface area is 203 Å². The van der Waals surface area contributed by atoms with Crippen molar-refractivity contribution >= 4 is 11.0 Å². The van der Waals surface area contributed by atoms with Crippen LogP contribution >= 0.6 is 0 Å². The van der Waals surface area contributed by atoms with E-state index in [4.69, 9.17) is 10.2 Å². The van der Waals surface area contributed by atoms with Crippen LogP contribution in [0.4, 0.5) is 0 Å². The number of aromatic nitrogens is 3. The van der Waals surface area contributed by atoms with E-state index in [9.17, 15) is 4.79 Å². The van der Waals surface area contributed by atoms with Crippen LogP contribution in [0, 0.1) is 6.92 Å². The van der Waals surface area contributed by atoms with Crippen LogP contribution < -0.4 is 11.2 Å². The first-order chi connectivity index (χ1) is 17.0. The molecule has 6 nitrogen and oxygen atoms in total. The number of fused-ring (bicyclic) bond motifs is 1. The lowest BCUT2D eigenvalue weighted by Gasteiger charge is -2.38. The van der Waals surface area contributed by atoms with Gasteiger partial charge in [0, 0.05) is 35.6 Å². The molecule has 6 rings (SSSR count). The smallest absolute Gasteiger partial charge is 0.201 e. The van der Waals surface area contributed by atoms with Crippen LogP contribution in [-0.2, 0) is 12.6 Å². The van der Waals surface area contributed by atoms with E-state index in [1.807, 2.05) is 68.6 Å². The molecular weight excluding hydrogens is 436 g/mol. The van der Waals surface area contributed by atoms with Gasteiger partial charge >= 0.3 is 0 Å². The van der Waals surface area contributed by atoms with Crippen LogP contribution in [0.1, 0.15) is 30.5 Å². The van der Waals surface area contributed by atoms with Gasteiger partial charge < -0.3 is 10.2 Å². The largest absolute Gasteiger partial charge is 0.453 e. The predicted octanol–water partition coefficient (Wildman–Crippen LogP) is 5.57. The SMILES string of the molecule is Cc1c(-c2nccc3c(=O)c(-c4ccc(C5(N)CCC5)cc4)c(-c4ccccc4)oc23)cnn1C. The molecule has 3 aromatic heterocycles. The lowest BCUT2D eigenvalue weighted by atomic mass is 9.72. The molecule has 0 spiro atoms. The summed E-state index contributed by atoms with van der Waals surface area (Å²) in [7, 11) is 1.88. The molecule has 1 aliphatic rings. The van der Waals surface area contributed by atoms with Crippen molar-refractivity contribution in [3.63, 3.8) is 0 Å². The van der Waals surface area contributed by atoms with Gasteiger partial charge in [0.2, 0.25) is 5.43 Å². The minimum absolute atomic E-state index is 0.0887. The number of benzene rings is 2. The molecule has 0 aliphatic heterocycles. The normalized spacial score (nSPS) is 14.7. The third-order valence-corrected chi connectivity index (χ3v) is 7.33. The maximum absolute atomic E-state index is 14.0. The summed E-state index contributed by atoms with van der Waals surface area (Å²) in [4.78, 5) is 18.6. The quantitative estimate of drug-likeness (QED) is 0.377. The molecular formula is C29H26N4O2. The van der Waals surface area contributed by atoms with Crippen LogP contribution in [0.15, 0.2) is 82.3 Å². The molecule has 0 amide bonds. The minimum atomic E-state index is -0.253. The molecule has 0 bridgehead atoms. The van der Waals surface area contributed by atoms with Crippen molar-refractivity contribution in [2.75, 3.05) is 0 Å². The number of hydrogen-bond donors (Lipinski definition) is 1. The molecule has 0 saturated heterocycles. The summed E-state index contributed by atoms with van der Waals surface area (Å²) >= 11 is 0. The number of rotatable bonds is 4. The van der Waals surface area contributed by atoms with Gasteiger partial charge in [-0.1, -0.05) is 54.6 Å². The Hall–Kier alpha value is -4.03. The summed E-state index contributed by atoms with van der Waals surface area (Å²) in [6.07, 6.45) is 6.55. The highest BCUT2D eigenvalue weighted by Crippen LogP contribution is 2.40. The number of aryl methyl sites for hydroxylation is 1. The van der Waals surface area contributed by atoms with E-state index in [0.29, 0.717) is 28.0 Å². The third-order valence-electron chi connectivity index (χ3n) is 7.33. The molecule has 1 fully saturated rings. The Kier molecular flexibility index (Phi) is 4.93. The first-order valence-corrected chi connectivity index (χ1v) is 11.9. The highest BCUT2D eigenvalue weighted by Gasteiger charge is 2.34. The summed E-state index contributed by atoms with van der Waals surface area (Å²) < 4.78 is 8.36. The number of nitrogens with zero attached hydrogens (tertiary/aromatic N) is 3. The molecule has 5 aromatic rings. The Bertz CT molecular complexity index is 1610. The summed E-state index contributed by atoms with van der Waals surface area (Å²) in [5.41, 5.74) is 12.3. The predicted molar refractivity (Wildman–Crippen MR) is 138 cm³/mol. The summed E-state index contributed by atoms with van der Waals surface area (Å²) in [6.45, 7) is 1.97. The van der Waals surface area contributed by atoms with Crippen molar-refractivity contribution in [3.05, 3.63) is 94.5 Å². The van der Waals surface area contributed by atoms with Crippen molar-refractivity contribution in [2.24, 2.45) is 12.8 Å². The van der Waals surface area contributed by atoms with Gasteiger partial charge in [-0.15, -0.1) is 0 Å². The second-order valence-electron chi connectivity index (χ2n) is 9.39. The maximum Gasteiger partial charge on any atom is 0.201 e. The van der Waals surface area contributed by atoms with Crippen molar-refractivity contribution in [2.45, 2.75) is 31.7 Å². The summed E-state index contributed by atoms with van der Waals surface area (Å²) in [5.74, 6) is 0.526. The Morgan fingerprint density at radius 1 is 1.00 bits per heavy atom. The Balaban J connectivity index is 1.62. The average Bonchev–Trinajstić information content (AvgIpc) is 3.20. The fourth-order valence-corrected chi connectivity index (χ4v) is 4.91. The lowest BCUT2D eigenvalue weighted by Crippen LogP contribution is -2.43. The van der Waals surface area contributed by atoms with Gasteiger partial charge in [0.15, 0.2) is 5.58 Å².